The summed E-state index contributed by atoms with van der Waals surface area (Å²) in [5, 5.41) is 0. The zero-order chi connectivity index (χ0) is 21.3. The molecule has 0 aliphatic heterocycles. The van der Waals surface area contributed by atoms with Gasteiger partial charge in [-0.3, -0.25) is 0 Å². The molecule has 0 radical (unpaired) electrons. The SMILES string of the molecule is CCOc1cc(-c2nc3ccc(C)cc3[nH]2)ccc1OCc1cc(C)c(C)cc1C. The molecule has 0 spiro atoms. The van der Waals surface area contributed by atoms with Crippen molar-refractivity contribution in [2.45, 2.75) is 41.2 Å². The smallest absolute Gasteiger partial charge is 0.161 e. The molecular weight excluding hydrogens is 372 g/mol. The lowest BCUT2D eigenvalue weighted by Gasteiger charge is -2.15. The van der Waals surface area contributed by atoms with Gasteiger partial charge in [-0.15, -0.1) is 0 Å². The van der Waals surface area contributed by atoms with Crippen LogP contribution < -0.4 is 9.47 Å². The first-order valence-electron chi connectivity index (χ1n) is 10.4. The van der Waals surface area contributed by atoms with Gasteiger partial charge >= 0.3 is 0 Å². The van der Waals surface area contributed by atoms with Crippen molar-refractivity contribution < 1.29 is 9.47 Å². The molecule has 1 heterocycles. The van der Waals surface area contributed by atoms with Crippen molar-refractivity contribution in [3.05, 3.63) is 76.3 Å². The molecule has 0 fully saturated rings. The van der Waals surface area contributed by atoms with Crippen molar-refractivity contribution >= 4 is 11.0 Å². The molecule has 4 aromatic rings. The van der Waals surface area contributed by atoms with E-state index in [1.54, 1.807) is 0 Å². The molecule has 0 saturated carbocycles. The number of nitrogens with zero attached hydrogens (tertiary/aromatic N) is 1. The maximum Gasteiger partial charge on any atom is 0.161 e. The number of ether oxygens (including phenoxy) is 2. The van der Waals surface area contributed by atoms with Gasteiger partial charge in [-0.1, -0.05) is 18.2 Å². The molecule has 30 heavy (non-hydrogen) atoms. The van der Waals surface area contributed by atoms with E-state index >= 15 is 0 Å². The lowest BCUT2D eigenvalue weighted by atomic mass is 10.0. The molecule has 154 valence electrons. The summed E-state index contributed by atoms with van der Waals surface area (Å²) in [5.41, 5.74) is 9.19. The molecule has 0 saturated heterocycles. The summed E-state index contributed by atoms with van der Waals surface area (Å²) in [6.45, 7) is 11.5. The van der Waals surface area contributed by atoms with Crippen LogP contribution in [-0.4, -0.2) is 16.6 Å². The van der Waals surface area contributed by atoms with Crippen molar-refractivity contribution in [3.63, 3.8) is 0 Å². The summed E-state index contributed by atoms with van der Waals surface area (Å²) in [4.78, 5) is 8.14. The number of nitrogens with one attached hydrogen (secondary N) is 1. The largest absolute Gasteiger partial charge is 0.490 e. The van der Waals surface area contributed by atoms with Crippen LogP contribution >= 0.6 is 0 Å². The van der Waals surface area contributed by atoms with Crippen molar-refractivity contribution in [2.24, 2.45) is 0 Å². The Hall–Kier alpha value is -3.27. The minimum absolute atomic E-state index is 0.510. The number of H-pyrrole nitrogens is 1. The minimum Gasteiger partial charge on any atom is -0.490 e. The average Bonchev–Trinajstić information content (AvgIpc) is 3.14. The molecular formula is C26H28N2O2. The highest BCUT2D eigenvalue weighted by molar-refractivity contribution is 5.80. The van der Waals surface area contributed by atoms with Gasteiger partial charge in [-0.25, -0.2) is 4.98 Å². The van der Waals surface area contributed by atoms with E-state index in [2.05, 4.69) is 56.9 Å². The summed E-state index contributed by atoms with van der Waals surface area (Å²) in [6, 6.07) is 16.6. The first-order valence-corrected chi connectivity index (χ1v) is 10.4. The highest BCUT2D eigenvalue weighted by Crippen LogP contribution is 2.33. The molecule has 4 heteroatoms. The Morgan fingerprint density at radius 1 is 0.800 bits per heavy atom. The van der Waals surface area contributed by atoms with E-state index in [0.717, 1.165) is 33.9 Å². The molecule has 3 aromatic carbocycles. The third-order valence-corrected chi connectivity index (χ3v) is 5.49. The fourth-order valence-corrected chi connectivity index (χ4v) is 3.63. The van der Waals surface area contributed by atoms with Crippen LogP contribution in [0.3, 0.4) is 0 Å². The van der Waals surface area contributed by atoms with Crippen molar-refractivity contribution in [1.82, 2.24) is 9.97 Å². The van der Waals surface area contributed by atoms with Gasteiger partial charge in [-0.2, -0.15) is 0 Å². The number of aromatic amines is 1. The van der Waals surface area contributed by atoms with Gasteiger partial charge in [-0.05, 0) is 92.8 Å². The van der Waals surface area contributed by atoms with Crippen LogP contribution in [0.25, 0.3) is 22.4 Å². The topological polar surface area (TPSA) is 47.1 Å². The van der Waals surface area contributed by atoms with E-state index in [0.29, 0.717) is 13.2 Å². The van der Waals surface area contributed by atoms with Crippen molar-refractivity contribution in [2.75, 3.05) is 6.61 Å². The number of aromatic nitrogens is 2. The summed E-state index contributed by atoms with van der Waals surface area (Å²) >= 11 is 0. The highest BCUT2D eigenvalue weighted by Gasteiger charge is 2.12. The van der Waals surface area contributed by atoms with Crippen LogP contribution in [0, 0.1) is 27.7 Å². The lowest BCUT2D eigenvalue weighted by molar-refractivity contribution is 0.269. The molecule has 4 rings (SSSR count). The predicted molar refractivity (Wildman–Crippen MR) is 122 cm³/mol. The average molecular weight is 401 g/mol. The Balaban J connectivity index is 1.62. The number of rotatable bonds is 6. The predicted octanol–water partition coefficient (Wildman–Crippen LogP) is 6.44. The van der Waals surface area contributed by atoms with Crippen LogP contribution in [0.15, 0.2) is 48.5 Å². The van der Waals surface area contributed by atoms with Crippen molar-refractivity contribution in [1.29, 1.82) is 0 Å². The summed E-state index contributed by atoms with van der Waals surface area (Å²) < 4.78 is 12.0. The number of aryl methyl sites for hydroxylation is 4. The van der Waals surface area contributed by atoms with Crippen LogP contribution in [-0.2, 0) is 6.61 Å². The summed E-state index contributed by atoms with van der Waals surface area (Å²) in [7, 11) is 0. The van der Waals surface area contributed by atoms with Gasteiger partial charge in [0.1, 0.15) is 12.4 Å². The van der Waals surface area contributed by atoms with Gasteiger partial charge < -0.3 is 14.5 Å². The molecule has 4 nitrogen and oxygen atoms in total. The molecule has 0 unspecified atom stereocenters. The van der Waals surface area contributed by atoms with Gasteiger partial charge in [0.15, 0.2) is 11.5 Å². The molecule has 0 amide bonds. The number of fused-ring (bicyclic) bond motifs is 1. The molecule has 1 aromatic heterocycles. The van der Waals surface area contributed by atoms with Gasteiger partial charge in [0, 0.05) is 5.56 Å². The van der Waals surface area contributed by atoms with E-state index in [1.807, 2.05) is 31.2 Å². The number of hydrogen-bond acceptors (Lipinski definition) is 3. The second-order valence-corrected chi connectivity index (χ2v) is 7.85. The number of benzene rings is 3. The third kappa shape index (κ3) is 4.04. The zero-order valence-electron chi connectivity index (χ0n) is 18.3. The Kier molecular flexibility index (Phi) is 5.49. The third-order valence-electron chi connectivity index (χ3n) is 5.49. The normalized spacial score (nSPS) is 11.1. The first-order chi connectivity index (χ1) is 14.4. The fraction of sp³-hybridized carbons (Fsp3) is 0.269. The zero-order valence-corrected chi connectivity index (χ0v) is 18.3. The minimum atomic E-state index is 0.510. The Morgan fingerprint density at radius 2 is 1.60 bits per heavy atom. The maximum absolute atomic E-state index is 6.16. The molecule has 0 aliphatic rings. The lowest BCUT2D eigenvalue weighted by Crippen LogP contribution is -2.02. The van der Waals surface area contributed by atoms with Crippen molar-refractivity contribution in [3.8, 4) is 22.9 Å². The fourth-order valence-electron chi connectivity index (χ4n) is 3.63. The van der Waals surface area contributed by atoms with Gasteiger partial charge in [0.25, 0.3) is 0 Å². The van der Waals surface area contributed by atoms with E-state index < -0.39 is 0 Å². The quantitative estimate of drug-likeness (QED) is 0.405. The molecule has 0 aliphatic carbocycles. The number of imidazole rings is 1. The Morgan fingerprint density at radius 3 is 2.40 bits per heavy atom. The summed E-state index contributed by atoms with van der Waals surface area (Å²) in [6.07, 6.45) is 0. The summed E-state index contributed by atoms with van der Waals surface area (Å²) in [5.74, 6) is 2.30. The molecule has 1 N–H and O–H groups in total. The highest BCUT2D eigenvalue weighted by atomic mass is 16.5. The Labute approximate surface area is 177 Å². The molecule has 0 atom stereocenters. The van der Waals surface area contributed by atoms with Crippen LogP contribution in [0.2, 0.25) is 0 Å². The van der Waals surface area contributed by atoms with E-state index in [-0.39, 0.29) is 0 Å². The van der Waals surface area contributed by atoms with Gasteiger partial charge in [0.2, 0.25) is 0 Å². The van der Waals surface area contributed by atoms with E-state index in [4.69, 9.17) is 14.5 Å². The van der Waals surface area contributed by atoms with Crippen LogP contribution in [0.4, 0.5) is 0 Å². The standard InChI is InChI=1S/C26H28N2O2/c1-6-29-25-14-20(26-27-22-9-7-16(2)11-23(22)28-26)8-10-24(25)30-15-21-13-18(4)17(3)12-19(21)5/h7-14H,6,15H2,1-5H3,(H,27,28). The first kappa shape index (κ1) is 20.0. The molecule has 0 bridgehead atoms. The van der Waals surface area contributed by atoms with E-state index in [1.165, 1.54) is 27.8 Å². The monoisotopic (exact) mass is 400 g/mol. The second-order valence-electron chi connectivity index (χ2n) is 7.85. The maximum atomic E-state index is 6.16. The number of hydrogen-bond donors (Lipinski definition) is 1. The van der Waals surface area contributed by atoms with Gasteiger partial charge in [0.05, 0.1) is 17.6 Å². The van der Waals surface area contributed by atoms with Crippen LogP contribution in [0.1, 0.15) is 34.7 Å². The Bertz CT molecular complexity index is 1210. The van der Waals surface area contributed by atoms with Crippen LogP contribution in [0.5, 0.6) is 11.5 Å². The second kappa shape index (κ2) is 8.23. The van der Waals surface area contributed by atoms with E-state index in [9.17, 15) is 0 Å².